The zero-order chi connectivity index (χ0) is 8.00. The zero-order valence-corrected chi connectivity index (χ0v) is 13.3. The molecule has 0 atom stereocenters. The summed E-state index contributed by atoms with van der Waals surface area (Å²) in [7, 11) is 0. The molecule has 0 heterocycles. The molecule has 0 saturated carbocycles. The molecule has 4 nitrogen and oxygen atoms in total. The fourth-order valence-electron chi connectivity index (χ4n) is 0. The quantitative estimate of drug-likeness (QED) is 0.231. The van der Waals surface area contributed by atoms with Crippen LogP contribution >= 0.6 is 0 Å². The van der Waals surface area contributed by atoms with E-state index in [1.54, 1.807) is 0 Å². The summed E-state index contributed by atoms with van der Waals surface area (Å²) in [6.07, 6.45) is 0. The first-order valence-electron chi connectivity index (χ1n) is 0.816. The normalized spacial score (nSPS) is 0.727. The van der Waals surface area contributed by atoms with Crippen molar-refractivity contribution < 1.29 is 138 Å². The summed E-state index contributed by atoms with van der Waals surface area (Å²) >= 11 is 0. The van der Waals surface area contributed by atoms with Crippen LogP contribution in [0.1, 0.15) is 0 Å². The van der Waals surface area contributed by atoms with Crippen LogP contribution in [0.5, 0.6) is 0 Å². The van der Waals surface area contributed by atoms with Gasteiger partial charge in [-0.3, -0.25) is 0 Å². The van der Waals surface area contributed by atoms with Crippen molar-refractivity contribution in [2.75, 3.05) is 0 Å². The Kier molecular flexibility index (Phi) is 1040. The monoisotopic (exact) mass is 246 g/mol. The Morgan fingerprint density at radius 1 is 0.455 bits per heavy atom. The van der Waals surface area contributed by atoms with Gasteiger partial charge in [-0.1, -0.05) is 0 Å². The van der Waals surface area contributed by atoms with E-state index in [0.717, 1.165) is 0 Å². The molecule has 7 heteroatoms. The van der Waals surface area contributed by atoms with Gasteiger partial charge in [0.2, 0.25) is 0 Å². The molecule has 0 unspecified atom stereocenters. The fourth-order valence-corrected chi connectivity index (χ4v) is 0. The molecule has 0 aliphatic carbocycles. The van der Waals surface area contributed by atoms with Crippen molar-refractivity contribution in [2.24, 2.45) is 0 Å². The first-order valence-corrected chi connectivity index (χ1v) is 0.816. The minimum atomic E-state index is 0. The van der Waals surface area contributed by atoms with Crippen LogP contribution in [0.15, 0.2) is 0 Å². The smallest absolute Gasteiger partial charge is 0 e. The molecule has 0 amide bonds. The van der Waals surface area contributed by atoms with Crippen LogP contribution in [0.4, 0.5) is 0 Å². The van der Waals surface area contributed by atoms with Gasteiger partial charge in [-0.05, 0) is 0 Å². The molecule has 48 valence electrons. The van der Waals surface area contributed by atoms with Gasteiger partial charge in [0.1, 0.15) is 0 Å². The van der Waals surface area contributed by atoms with Crippen LogP contribution in [0.2, 0.25) is 0 Å². The third-order valence-corrected chi connectivity index (χ3v) is 0. The molecule has 0 fully saturated rings. The maximum absolute atomic E-state index is 7.50. The van der Waals surface area contributed by atoms with E-state index in [1.807, 2.05) is 0 Å². The summed E-state index contributed by atoms with van der Waals surface area (Å²) in [5.74, 6) is 0. The van der Waals surface area contributed by atoms with Crippen molar-refractivity contribution in [3.8, 4) is 0 Å². The predicted molar refractivity (Wildman–Crippen MR) is 15.7 cm³/mol. The molecule has 0 aromatic heterocycles. The van der Waals surface area contributed by atoms with Crippen LogP contribution in [0.25, 0.3) is 0 Å². The van der Waals surface area contributed by atoms with E-state index in [-0.39, 0.29) is 120 Å². The molecular formula is C4FeK2O4+2. The Labute approximate surface area is 161 Å². The van der Waals surface area contributed by atoms with E-state index in [4.69, 9.17) is 18.6 Å². The van der Waals surface area contributed by atoms with E-state index in [9.17, 15) is 0 Å². The number of rotatable bonds is 0. The summed E-state index contributed by atoms with van der Waals surface area (Å²) in [4.78, 5) is 0. The van der Waals surface area contributed by atoms with Crippen LogP contribution in [0.3, 0.4) is 0 Å². The maximum Gasteiger partial charge on any atom is 1.00 e. The zero-order valence-electron chi connectivity index (χ0n) is 5.99. The molecule has 0 bridgehead atoms. The third-order valence-electron chi connectivity index (χ3n) is 0. The van der Waals surface area contributed by atoms with Gasteiger partial charge < -0.3 is 0 Å². The molecule has 0 aromatic carbocycles. The minimum absolute atomic E-state index is 0. The number of hydrogen-bond acceptors (Lipinski definition) is 0. The van der Waals surface area contributed by atoms with Crippen LogP contribution in [0, 0.1) is 26.6 Å². The van der Waals surface area contributed by atoms with Crippen molar-refractivity contribution >= 4 is 0 Å². The average Bonchev–Trinajstić information content (AvgIpc) is 2.03. The first kappa shape index (κ1) is 49.1. The van der Waals surface area contributed by atoms with Gasteiger partial charge in [0.15, 0.2) is 0 Å². The molecular weight excluding hydrogens is 246 g/mol. The van der Waals surface area contributed by atoms with Gasteiger partial charge in [-0.15, -0.1) is 0 Å². The molecule has 11 heavy (non-hydrogen) atoms. The Morgan fingerprint density at radius 2 is 0.455 bits per heavy atom. The minimum Gasteiger partial charge on any atom is 0 e. The van der Waals surface area contributed by atoms with Gasteiger partial charge in [0.05, 0.1) is 0 Å². The molecule has 0 aliphatic heterocycles. The van der Waals surface area contributed by atoms with E-state index < -0.39 is 0 Å². The standard InChI is InChI=1S/4CO.Fe.2K/c4*1-2;;;/q;;;;;2*+1. The van der Waals surface area contributed by atoms with Crippen molar-refractivity contribution in [3.05, 3.63) is 26.6 Å². The van der Waals surface area contributed by atoms with Gasteiger partial charge >= 0.3 is 148 Å². The molecule has 0 aliphatic rings. The van der Waals surface area contributed by atoms with E-state index in [0.29, 0.717) is 0 Å². The maximum atomic E-state index is 7.50. The average molecular weight is 246 g/mol. The van der Waals surface area contributed by atoms with Crippen molar-refractivity contribution in [3.63, 3.8) is 0 Å². The third kappa shape index (κ3) is 195. The van der Waals surface area contributed by atoms with Crippen LogP contribution in [-0.4, -0.2) is 0 Å². The molecule has 0 radical (unpaired) electrons. The molecule has 0 rings (SSSR count). The van der Waals surface area contributed by atoms with E-state index in [1.165, 1.54) is 0 Å². The fraction of sp³-hybridized carbons (Fsp3) is 0. The second-order valence-corrected chi connectivity index (χ2v) is 0. The summed E-state index contributed by atoms with van der Waals surface area (Å²) in [5, 5.41) is 0. The molecule has 0 saturated heterocycles. The Bertz CT molecular complexity index is 63.1. The SMILES string of the molecule is [C-]#[O+].[C-]#[O+].[C-]#[O+].[C-]#[O+].[Fe].[K+].[K+]. The van der Waals surface area contributed by atoms with Crippen LogP contribution < -0.4 is 103 Å². The van der Waals surface area contributed by atoms with Crippen molar-refractivity contribution in [1.29, 1.82) is 0 Å². The number of hydrogen-bond donors (Lipinski definition) is 0. The topological polar surface area (TPSA) is 79.6 Å². The van der Waals surface area contributed by atoms with Crippen molar-refractivity contribution in [1.82, 2.24) is 0 Å². The van der Waals surface area contributed by atoms with Crippen LogP contribution in [-0.2, 0) is 35.7 Å². The second-order valence-electron chi connectivity index (χ2n) is 0. The summed E-state index contributed by atoms with van der Waals surface area (Å²) in [6, 6.07) is 0. The second kappa shape index (κ2) is 233. The Balaban J connectivity index is -0.00000000356. The van der Waals surface area contributed by atoms with Gasteiger partial charge in [-0.2, -0.15) is 0 Å². The Hall–Kier alpha value is 2.75. The van der Waals surface area contributed by atoms with E-state index in [2.05, 4.69) is 26.6 Å². The van der Waals surface area contributed by atoms with Gasteiger partial charge in [0, 0.05) is 17.1 Å². The molecule has 0 spiro atoms. The molecule has 0 aromatic rings. The summed E-state index contributed by atoms with van der Waals surface area (Å²) in [5.41, 5.74) is 0. The summed E-state index contributed by atoms with van der Waals surface area (Å²) < 4.78 is 30.0. The van der Waals surface area contributed by atoms with E-state index >= 15 is 0 Å². The summed E-state index contributed by atoms with van der Waals surface area (Å²) in [6.45, 7) is 18.0. The van der Waals surface area contributed by atoms with Gasteiger partial charge in [0.25, 0.3) is 0 Å². The largest absolute Gasteiger partial charge is 1.00 e. The van der Waals surface area contributed by atoms with Crippen molar-refractivity contribution in [2.45, 2.75) is 0 Å². The predicted octanol–water partition coefficient (Wildman–Crippen LogP) is -6.14. The Morgan fingerprint density at radius 3 is 0.455 bits per heavy atom. The van der Waals surface area contributed by atoms with Gasteiger partial charge in [-0.25, -0.2) is 0 Å². The molecule has 0 N–H and O–H groups in total. The first-order chi connectivity index (χ1) is 4.00.